The summed E-state index contributed by atoms with van der Waals surface area (Å²) in [6.45, 7) is 4.21. The Morgan fingerprint density at radius 2 is 1.96 bits per heavy atom. The Balaban J connectivity index is 1.51. The molecular weight excluding hydrogens is 318 g/mol. The van der Waals surface area contributed by atoms with Gasteiger partial charge in [0.2, 0.25) is 0 Å². The zero-order valence-corrected chi connectivity index (χ0v) is 14.4. The van der Waals surface area contributed by atoms with Gasteiger partial charge in [-0.3, -0.25) is 9.59 Å². The van der Waals surface area contributed by atoms with Gasteiger partial charge in [0.15, 0.2) is 5.76 Å². The van der Waals surface area contributed by atoms with E-state index in [1.165, 1.54) is 5.56 Å². The molecule has 1 fully saturated rings. The molecule has 2 aromatic rings. The van der Waals surface area contributed by atoms with Crippen molar-refractivity contribution in [2.24, 2.45) is 0 Å². The average Bonchev–Trinajstić information content (AvgIpc) is 3.38. The van der Waals surface area contributed by atoms with Crippen molar-refractivity contribution in [3.05, 3.63) is 46.8 Å². The van der Waals surface area contributed by atoms with Crippen LogP contribution in [0.2, 0.25) is 0 Å². The summed E-state index contributed by atoms with van der Waals surface area (Å²) in [4.78, 5) is 26.9. The second-order valence-corrected chi connectivity index (χ2v) is 6.99. The molecule has 0 unspecified atom stereocenters. The van der Waals surface area contributed by atoms with Gasteiger partial charge in [0.1, 0.15) is 11.4 Å². The number of fused-ring (bicyclic) bond motifs is 1. The third-order valence-corrected chi connectivity index (χ3v) is 5.04. The number of aryl methyl sites for hydroxylation is 1. The van der Waals surface area contributed by atoms with E-state index in [0.29, 0.717) is 29.6 Å². The van der Waals surface area contributed by atoms with E-state index >= 15 is 0 Å². The summed E-state index contributed by atoms with van der Waals surface area (Å²) in [5.74, 6) is -0.133. The molecule has 25 heavy (non-hydrogen) atoms. The predicted molar refractivity (Wildman–Crippen MR) is 92.0 cm³/mol. The highest BCUT2D eigenvalue weighted by Crippen LogP contribution is 2.44. The minimum Gasteiger partial charge on any atom is -0.359 e. The maximum absolute atomic E-state index is 12.7. The third kappa shape index (κ3) is 2.92. The smallest absolute Gasteiger partial charge is 0.314 e. The molecule has 0 saturated heterocycles. The molecule has 4 rings (SSSR count). The number of hydrogen-bond acceptors (Lipinski definition) is 4. The fourth-order valence-corrected chi connectivity index (χ4v) is 3.41. The Kier molecular flexibility index (Phi) is 3.82. The molecule has 0 spiro atoms. The lowest BCUT2D eigenvalue weighted by Crippen LogP contribution is -2.47. The molecule has 1 aliphatic carbocycles. The van der Waals surface area contributed by atoms with Crippen molar-refractivity contribution in [3.8, 4) is 0 Å². The molecule has 2 amide bonds. The zero-order valence-electron chi connectivity index (χ0n) is 14.4. The molecule has 130 valence electrons. The standard InChI is InChI=1S/C19H21N3O3/c1-11-9-14-5-3-4-6-15(14)10-22(11)19(24)18(23)20-16-12(2)21-25-17(16)13-7-8-13/h3-6,11,13H,7-10H2,1-2H3,(H,20,23)/t11-/m0/s1. The van der Waals surface area contributed by atoms with Crippen LogP contribution in [0.3, 0.4) is 0 Å². The maximum Gasteiger partial charge on any atom is 0.314 e. The summed E-state index contributed by atoms with van der Waals surface area (Å²) in [5.41, 5.74) is 3.51. The Morgan fingerprint density at radius 3 is 2.68 bits per heavy atom. The fraction of sp³-hybridized carbons (Fsp3) is 0.421. The SMILES string of the molecule is Cc1noc(C2CC2)c1NC(=O)C(=O)N1Cc2ccccc2C[C@@H]1C. The molecule has 0 bridgehead atoms. The molecule has 2 heterocycles. The number of nitrogens with zero attached hydrogens (tertiary/aromatic N) is 2. The summed E-state index contributed by atoms with van der Waals surface area (Å²) >= 11 is 0. The lowest BCUT2D eigenvalue weighted by molar-refractivity contribution is -0.145. The summed E-state index contributed by atoms with van der Waals surface area (Å²) in [6, 6.07) is 8.04. The Bertz CT molecular complexity index is 838. The molecule has 1 aromatic heterocycles. The van der Waals surface area contributed by atoms with Gasteiger partial charge >= 0.3 is 11.8 Å². The van der Waals surface area contributed by atoms with Gasteiger partial charge in [0, 0.05) is 18.5 Å². The van der Waals surface area contributed by atoms with Crippen LogP contribution in [-0.2, 0) is 22.6 Å². The lowest BCUT2D eigenvalue weighted by Gasteiger charge is -2.34. The monoisotopic (exact) mass is 339 g/mol. The van der Waals surface area contributed by atoms with Crippen molar-refractivity contribution in [2.75, 3.05) is 5.32 Å². The van der Waals surface area contributed by atoms with Crippen LogP contribution < -0.4 is 5.32 Å². The summed E-state index contributed by atoms with van der Waals surface area (Å²) in [6.07, 6.45) is 2.82. The number of nitrogens with one attached hydrogen (secondary N) is 1. The summed E-state index contributed by atoms with van der Waals surface area (Å²) in [5, 5.41) is 6.67. The number of hydrogen-bond donors (Lipinski definition) is 1. The largest absolute Gasteiger partial charge is 0.359 e. The minimum atomic E-state index is -0.626. The second kappa shape index (κ2) is 6.02. The van der Waals surface area contributed by atoms with Gasteiger partial charge < -0.3 is 14.7 Å². The molecule has 1 saturated carbocycles. The van der Waals surface area contributed by atoms with E-state index in [-0.39, 0.29) is 6.04 Å². The van der Waals surface area contributed by atoms with Gasteiger partial charge in [0.25, 0.3) is 0 Å². The van der Waals surface area contributed by atoms with Gasteiger partial charge in [-0.05, 0) is 44.2 Å². The van der Waals surface area contributed by atoms with E-state index in [4.69, 9.17) is 4.52 Å². The van der Waals surface area contributed by atoms with Crippen LogP contribution in [0.5, 0.6) is 0 Å². The van der Waals surface area contributed by atoms with Gasteiger partial charge in [-0.25, -0.2) is 0 Å². The van der Waals surface area contributed by atoms with E-state index in [0.717, 1.165) is 24.8 Å². The quantitative estimate of drug-likeness (QED) is 0.854. The van der Waals surface area contributed by atoms with Crippen LogP contribution in [0.25, 0.3) is 0 Å². The number of rotatable bonds is 2. The Hall–Kier alpha value is -2.63. The molecule has 0 radical (unpaired) electrons. The summed E-state index contributed by atoms with van der Waals surface area (Å²) < 4.78 is 5.32. The number of aromatic nitrogens is 1. The maximum atomic E-state index is 12.7. The summed E-state index contributed by atoms with van der Waals surface area (Å²) in [7, 11) is 0. The minimum absolute atomic E-state index is 0.0142. The van der Waals surface area contributed by atoms with E-state index in [1.807, 2.05) is 25.1 Å². The first-order chi connectivity index (χ1) is 12.0. The van der Waals surface area contributed by atoms with E-state index < -0.39 is 11.8 Å². The van der Waals surface area contributed by atoms with Crippen LogP contribution in [0, 0.1) is 6.92 Å². The Labute approximate surface area is 146 Å². The topological polar surface area (TPSA) is 75.4 Å². The molecule has 6 nitrogen and oxygen atoms in total. The highest BCUT2D eigenvalue weighted by Gasteiger charge is 2.35. The number of carbonyl (C=O) groups is 2. The van der Waals surface area contributed by atoms with Crippen LogP contribution in [0.4, 0.5) is 5.69 Å². The van der Waals surface area contributed by atoms with Crippen molar-refractivity contribution in [2.45, 2.75) is 51.6 Å². The molecule has 1 aliphatic heterocycles. The molecule has 1 N–H and O–H groups in total. The van der Waals surface area contributed by atoms with Crippen molar-refractivity contribution < 1.29 is 14.1 Å². The molecule has 1 aromatic carbocycles. The fourth-order valence-electron chi connectivity index (χ4n) is 3.41. The van der Waals surface area contributed by atoms with Crippen LogP contribution in [-0.4, -0.2) is 27.9 Å². The van der Waals surface area contributed by atoms with Gasteiger partial charge in [-0.1, -0.05) is 29.4 Å². The van der Waals surface area contributed by atoms with Crippen molar-refractivity contribution >= 4 is 17.5 Å². The highest BCUT2D eigenvalue weighted by atomic mass is 16.5. The first-order valence-electron chi connectivity index (χ1n) is 8.69. The molecule has 6 heteroatoms. The number of carbonyl (C=O) groups excluding carboxylic acids is 2. The Morgan fingerprint density at radius 1 is 1.24 bits per heavy atom. The van der Waals surface area contributed by atoms with Gasteiger partial charge in [0.05, 0.1) is 0 Å². The van der Waals surface area contributed by atoms with Crippen LogP contribution in [0.1, 0.15) is 48.3 Å². The zero-order chi connectivity index (χ0) is 17.6. The predicted octanol–water partition coefficient (Wildman–Crippen LogP) is 2.77. The highest BCUT2D eigenvalue weighted by molar-refractivity contribution is 6.39. The van der Waals surface area contributed by atoms with E-state index in [1.54, 1.807) is 11.8 Å². The van der Waals surface area contributed by atoms with Gasteiger partial charge in [-0.2, -0.15) is 0 Å². The second-order valence-electron chi connectivity index (χ2n) is 6.99. The first kappa shape index (κ1) is 15.9. The first-order valence-corrected chi connectivity index (χ1v) is 8.69. The number of anilines is 1. The molecular formula is C19H21N3O3. The number of amides is 2. The molecule has 1 atom stereocenters. The molecule has 2 aliphatic rings. The van der Waals surface area contributed by atoms with Crippen molar-refractivity contribution in [1.29, 1.82) is 0 Å². The lowest BCUT2D eigenvalue weighted by atomic mass is 9.95. The van der Waals surface area contributed by atoms with E-state index in [9.17, 15) is 9.59 Å². The van der Waals surface area contributed by atoms with E-state index in [2.05, 4.69) is 16.5 Å². The van der Waals surface area contributed by atoms with Crippen LogP contribution >= 0.6 is 0 Å². The number of benzene rings is 1. The van der Waals surface area contributed by atoms with Gasteiger partial charge in [-0.15, -0.1) is 0 Å². The normalized spacial score (nSPS) is 19.4. The third-order valence-electron chi connectivity index (χ3n) is 5.04. The van der Waals surface area contributed by atoms with Crippen LogP contribution in [0.15, 0.2) is 28.8 Å². The average molecular weight is 339 g/mol. The van der Waals surface area contributed by atoms with Crippen molar-refractivity contribution in [1.82, 2.24) is 10.1 Å². The van der Waals surface area contributed by atoms with Crippen molar-refractivity contribution in [3.63, 3.8) is 0 Å².